The minimum absolute atomic E-state index is 0.0793. The van der Waals surface area contributed by atoms with E-state index in [0.29, 0.717) is 11.5 Å². The van der Waals surface area contributed by atoms with Gasteiger partial charge in [0.05, 0.1) is 5.57 Å². The maximum Gasteiger partial charge on any atom is 0.430 e. The highest BCUT2D eigenvalue weighted by atomic mass is 19.4. The molecule has 1 aliphatic rings. The lowest BCUT2D eigenvalue weighted by Crippen LogP contribution is -2.40. The van der Waals surface area contributed by atoms with Crippen LogP contribution in [0.3, 0.4) is 0 Å². The van der Waals surface area contributed by atoms with Gasteiger partial charge in [0, 0.05) is 11.6 Å². The second-order valence-corrected chi connectivity index (χ2v) is 6.49. The zero-order valence-corrected chi connectivity index (χ0v) is 15.1. The molecule has 0 fully saturated rings. The fourth-order valence-corrected chi connectivity index (χ4v) is 2.89. The van der Waals surface area contributed by atoms with Gasteiger partial charge in [0.1, 0.15) is 17.2 Å². The van der Waals surface area contributed by atoms with E-state index in [1.54, 1.807) is 18.2 Å². The molecule has 1 N–H and O–H groups in total. The van der Waals surface area contributed by atoms with Crippen molar-refractivity contribution >= 4 is 12.0 Å². The van der Waals surface area contributed by atoms with Crippen LogP contribution in [-0.2, 0) is 11.2 Å². The van der Waals surface area contributed by atoms with E-state index in [9.17, 15) is 18.0 Å². The molecule has 0 bridgehead atoms. The topological polar surface area (TPSA) is 55.8 Å². The predicted octanol–water partition coefficient (Wildman–Crippen LogP) is 5.61. The standard InChI is InChI=1S/C21H19F3O4/c1-2-3-4-13-5-8-15(9-6-13)27-16-10-7-14-11-17(20(25)26)19(21(22,23)24)28-18(14)12-16/h5-12,19H,2-4H2,1H3,(H,25,26). The van der Waals surface area contributed by atoms with Crippen LogP contribution in [0.4, 0.5) is 13.2 Å². The number of aryl methyl sites for hydroxylation is 1. The molecule has 0 saturated carbocycles. The molecular weight excluding hydrogens is 373 g/mol. The molecular formula is C21H19F3O4. The van der Waals surface area contributed by atoms with Gasteiger partial charge in [0.15, 0.2) is 0 Å². The number of benzene rings is 2. The van der Waals surface area contributed by atoms with Crippen LogP contribution in [0.2, 0.25) is 0 Å². The Bertz CT molecular complexity index is 886. The predicted molar refractivity (Wildman–Crippen MR) is 97.7 cm³/mol. The highest BCUT2D eigenvalue weighted by Gasteiger charge is 2.48. The number of halogens is 3. The second kappa shape index (κ2) is 7.96. The molecule has 4 nitrogen and oxygen atoms in total. The quantitative estimate of drug-likeness (QED) is 0.694. The minimum Gasteiger partial charge on any atom is -0.478 e. The summed E-state index contributed by atoms with van der Waals surface area (Å²) in [5.74, 6) is -0.904. The van der Waals surface area contributed by atoms with Crippen molar-refractivity contribution in [2.24, 2.45) is 0 Å². The summed E-state index contributed by atoms with van der Waals surface area (Å²) < 4.78 is 50.1. The number of carbonyl (C=O) groups is 1. The zero-order valence-electron chi connectivity index (χ0n) is 15.1. The van der Waals surface area contributed by atoms with E-state index in [-0.39, 0.29) is 11.3 Å². The average molecular weight is 392 g/mol. The van der Waals surface area contributed by atoms with Gasteiger partial charge in [-0.25, -0.2) is 4.79 Å². The molecule has 0 saturated heterocycles. The Kier molecular flexibility index (Phi) is 5.63. The molecule has 1 heterocycles. The van der Waals surface area contributed by atoms with E-state index in [2.05, 4.69) is 6.92 Å². The number of alkyl halides is 3. The molecule has 7 heteroatoms. The first kappa shape index (κ1) is 19.8. The third-order valence-electron chi connectivity index (χ3n) is 4.35. The van der Waals surface area contributed by atoms with Crippen LogP contribution in [0, 0.1) is 0 Å². The molecule has 0 amide bonds. The van der Waals surface area contributed by atoms with Gasteiger partial charge < -0.3 is 14.6 Å². The number of fused-ring (bicyclic) bond motifs is 1. The van der Waals surface area contributed by atoms with Gasteiger partial charge in [-0.2, -0.15) is 13.2 Å². The summed E-state index contributed by atoms with van der Waals surface area (Å²) in [6, 6.07) is 11.8. The number of rotatable bonds is 6. The molecule has 0 radical (unpaired) electrons. The van der Waals surface area contributed by atoms with Gasteiger partial charge in [-0.3, -0.25) is 0 Å². The largest absolute Gasteiger partial charge is 0.478 e. The Labute approximate surface area is 160 Å². The molecule has 2 aromatic carbocycles. The van der Waals surface area contributed by atoms with Gasteiger partial charge >= 0.3 is 12.1 Å². The van der Waals surface area contributed by atoms with E-state index in [1.807, 2.05) is 12.1 Å². The molecule has 1 unspecified atom stereocenters. The van der Waals surface area contributed by atoms with Crippen LogP contribution in [0.25, 0.3) is 6.08 Å². The van der Waals surface area contributed by atoms with Gasteiger partial charge in [-0.1, -0.05) is 25.5 Å². The van der Waals surface area contributed by atoms with Gasteiger partial charge in [0.25, 0.3) is 0 Å². The Hall–Kier alpha value is -2.96. The number of carboxylic acid groups (broad SMARTS) is 1. The maximum absolute atomic E-state index is 13.2. The van der Waals surface area contributed by atoms with Crippen LogP contribution >= 0.6 is 0 Å². The summed E-state index contributed by atoms with van der Waals surface area (Å²) in [7, 11) is 0. The summed E-state index contributed by atoms with van der Waals surface area (Å²) >= 11 is 0. The Balaban J connectivity index is 1.81. The van der Waals surface area contributed by atoms with Crippen molar-refractivity contribution in [1.82, 2.24) is 0 Å². The van der Waals surface area contributed by atoms with E-state index >= 15 is 0 Å². The Morgan fingerprint density at radius 1 is 1.14 bits per heavy atom. The summed E-state index contributed by atoms with van der Waals surface area (Å²) in [6.45, 7) is 2.12. The van der Waals surface area contributed by atoms with Crippen LogP contribution in [0.5, 0.6) is 17.2 Å². The number of carboxylic acids is 1. The summed E-state index contributed by atoms with van der Waals surface area (Å²) in [4.78, 5) is 11.1. The van der Waals surface area contributed by atoms with E-state index in [1.165, 1.54) is 17.7 Å². The molecule has 2 aromatic rings. The average Bonchev–Trinajstić information content (AvgIpc) is 2.65. The van der Waals surface area contributed by atoms with Crippen LogP contribution in [0.15, 0.2) is 48.0 Å². The van der Waals surface area contributed by atoms with Gasteiger partial charge in [-0.15, -0.1) is 0 Å². The zero-order chi connectivity index (χ0) is 20.3. The highest BCUT2D eigenvalue weighted by Crippen LogP contribution is 2.39. The molecule has 0 aromatic heterocycles. The minimum atomic E-state index is -4.84. The molecule has 3 rings (SSSR count). The molecule has 28 heavy (non-hydrogen) atoms. The summed E-state index contributed by atoms with van der Waals surface area (Å²) in [5, 5.41) is 9.05. The first-order valence-electron chi connectivity index (χ1n) is 8.87. The van der Waals surface area contributed by atoms with E-state index < -0.39 is 23.8 Å². The van der Waals surface area contributed by atoms with E-state index in [0.717, 1.165) is 25.3 Å². The molecule has 1 aliphatic heterocycles. The summed E-state index contributed by atoms with van der Waals surface area (Å²) in [6.07, 6.45) is -3.22. The lowest BCUT2D eigenvalue weighted by Gasteiger charge is -2.27. The SMILES string of the molecule is CCCCc1ccc(Oc2ccc3c(c2)OC(C(F)(F)F)C(C(=O)O)=C3)cc1. The number of unbranched alkanes of at least 4 members (excludes halogenated alkanes) is 1. The normalized spacial score (nSPS) is 16.0. The van der Waals surface area contributed by atoms with Crippen LogP contribution < -0.4 is 9.47 Å². The van der Waals surface area contributed by atoms with Crippen LogP contribution in [0.1, 0.15) is 30.9 Å². The van der Waals surface area contributed by atoms with Crippen molar-refractivity contribution in [3.8, 4) is 17.2 Å². The lowest BCUT2D eigenvalue weighted by atomic mass is 10.0. The fourth-order valence-electron chi connectivity index (χ4n) is 2.89. The van der Waals surface area contributed by atoms with Crippen molar-refractivity contribution in [2.45, 2.75) is 38.5 Å². The molecule has 148 valence electrons. The van der Waals surface area contributed by atoms with Gasteiger partial charge in [-0.05, 0) is 48.7 Å². The third-order valence-corrected chi connectivity index (χ3v) is 4.35. The Morgan fingerprint density at radius 2 is 1.82 bits per heavy atom. The first-order chi connectivity index (χ1) is 13.3. The number of hydrogen-bond donors (Lipinski definition) is 1. The molecule has 1 atom stereocenters. The van der Waals surface area contributed by atoms with Crippen LogP contribution in [-0.4, -0.2) is 23.4 Å². The van der Waals surface area contributed by atoms with Gasteiger partial charge in [0.2, 0.25) is 6.10 Å². The molecule has 0 aliphatic carbocycles. The van der Waals surface area contributed by atoms with Crippen molar-refractivity contribution < 1.29 is 32.5 Å². The smallest absolute Gasteiger partial charge is 0.430 e. The first-order valence-corrected chi connectivity index (χ1v) is 8.87. The van der Waals surface area contributed by atoms with Crippen molar-refractivity contribution in [1.29, 1.82) is 0 Å². The second-order valence-electron chi connectivity index (χ2n) is 6.49. The van der Waals surface area contributed by atoms with E-state index in [4.69, 9.17) is 14.6 Å². The van der Waals surface area contributed by atoms with Crippen molar-refractivity contribution in [3.05, 3.63) is 59.2 Å². The monoisotopic (exact) mass is 392 g/mol. The summed E-state index contributed by atoms with van der Waals surface area (Å²) in [5.41, 5.74) is 0.582. The number of ether oxygens (including phenoxy) is 2. The highest BCUT2D eigenvalue weighted by molar-refractivity contribution is 5.95. The fraction of sp³-hybridized carbons (Fsp3) is 0.286. The van der Waals surface area contributed by atoms with Crippen molar-refractivity contribution in [2.75, 3.05) is 0 Å². The lowest BCUT2D eigenvalue weighted by molar-refractivity contribution is -0.187. The molecule has 0 spiro atoms. The Morgan fingerprint density at radius 3 is 2.43 bits per heavy atom. The van der Waals surface area contributed by atoms with Crippen molar-refractivity contribution in [3.63, 3.8) is 0 Å². The third kappa shape index (κ3) is 4.47. The number of aliphatic carboxylic acids is 1. The maximum atomic E-state index is 13.2. The number of hydrogen-bond acceptors (Lipinski definition) is 3.